The van der Waals surface area contributed by atoms with Crippen LogP contribution in [0, 0.1) is 18.3 Å². The molecule has 1 aliphatic heterocycles. The second-order valence-corrected chi connectivity index (χ2v) is 6.01. The van der Waals surface area contributed by atoms with Crippen LogP contribution in [-0.2, 0) is 0 Å². The molecule has 7 heteroatoms. The Morgan fingerprint density at radius 1 is 1.42 bits per heavy atom. The minimum Gasteiger partial charge on any atom is -0.366 e. The van der Waals surface area contributed by atoms with E-state index in [1.165, 1.54) is 0 Å². The van der Waals surface area contributed by atoms with Crippen LogP contribution < -0.4 is 10.5 Å². The van der Waals surface area contributed by atoms with E-state index in [1.807, 2.05) is 36.0 Å². The number of nitrogens with one attached hydrogen (secondary N) is 1. The number of H-pyrrole nitrogens is 1. The molecule has 3 aromatic heterocycles. The zero-order chi connectivity index (χ0) is 16.7. The van der Waals surface area contributed by atoms with Gasteiger partial charge in [-0.05, 0) is 31.5 Å². The summed E-state index contributed by atoms with van der Waals surface area (Å²) in [5.41, 5.74) is 2.57. The zero-order valence-electron chi connectivity index (χ0n) is 13.2. The summed E-state index contributed by atoms with van der Waals surface area (Å²) in [5.74, 6) is 0. The normalized spacial score (nSPS) is 17.3. The lowest BCUT2D eigenvalue weighted by atomic mass is 10.1. The van der Waals surface area contributed by atoms with Crippen molar-refractivity contribution in [2.45, 2.75) is 19.4 Å². The van der Waals surface area contributed by atoms with E-state index < -0.39 is 0 Å². The summed E-state index contributed by atoms with van der Waals surface area (Å²) in [7, 11) is 0. The average molecular weight is 320 g/mol. The second-order valence-electron chi connectivity index (χ2n) is 6.01. The molecule has 0 aliphatic carbocycles. The molecule has 120 valence electrons. The lowest BCUT2D eigenvalue weighted by Gasteiger charge is -2.21. The van der Waals surface area contributed by atoms with E-state index in [1.54, 1.807) is 6.20 Å². The number of pyridine rings is 2. The van der Waals surface area contributed by atoms with E-state index in [9.17, 15) is 10.1 Å². The molecule has 7 nitrogen and oxygen atoms in total. The molecule has 0 radical (unpaired) electrons. The number of nitriles is 1. The molecule has 0 bridgehead atoms. The SMILES string of the molecule is Cc1ccc2[nH]c(=O)c(C#N)c(N3CC[C@@H](n4cccn4)C3)c2n1. The number of aromatic amines is 1. The maximum absolute atomic E-state index is 12.3. The minimum absolute atomic E-state index is 0.127. The van der Waals surface area contributed by atoms with Gasteiger partial charge in [-0.2, -0.15) is 10.4 Å². The average Bonchev–Trinajstić information content (AvgIpc) is 3.25. The van der Waals surface area contributed by atoms with Gasteiger partial charge in [-0.3, -0.25) is 9.48 Å². The highest BCUT2D eigenvalue weighted by Crippen LogP contribution is 2.32. The van der Waals surface area contributed by atoms with Crippen LogP contribution in [0.5, 0.6) is 0 Å². The maximum Gasteiger partial charge on any atom is 0.268 e. The third-order valence-electron chi connectivity index (χ3n) is 4.46. The van der Waals surface area contributed by atoms with E-state index in [-0.39, 0.29) is 17.2 Å². The van der Waals surface area contributed by atoms with Crippen molar-refractivity contribution in [1.82, 2.24) is 19.7 Å². The first-order valence-electron chi connectivity index (χ1n) is 7.85. The first-order chi connectivity index (χ1) is 11.7. The van der Waals surface area contributed by atoms with Crippen molar-refractivity contribution in [2.24, 2.45) is 0 Å². The number of aromatic nitrogens is 4. The number of nitrogens with zero attached hydrogens (tertiary/aromatic N) is 5. The van der Waals surface area contributed by atoms with Crippen LogP contribution in [0.4, 0.5) is 5.69 Å². The molecule has 0 unspecified atom stereocenters. The smallest absolute Gasteiger partial charge is 0.268 e. The number of rotatable bonds is 2. The molecular formula is C17H16N6O. The molecule has 4 heterocycles. The Hall–Kier alpha value is -3.14. The molecule has 0 spiro atoms. The molecule has 1 aliphatic rings. The summed E-state index contributed by atoms with van der Waals surface area (Å²) >= 11 is 0. The van der Waals surface area contributed by atoms with Crippen molar-refractivity contribution >= 4 is 16.7 Å². The van der Waals surface area contributed by atoms with E-state index in [0.717, 1.165) is 18.7 Å². The molecule has 1 N–H and O–H groups in total. The number of anilines is 1. The molecule has 1 saturated heterocycles. The molecule has 1 fully saturated rings. The van der Waals surface area contributed by atoms with E-state index in [4.69, 9.17) is 0 Å². The van der Waals surface area contributed by atoms with Crippen molar-refractivity contribution in [3.05, 3.63) is 52.2 Å². The lowest BCUT2D eigenvalue weighted by molar-refractivity contribution is 0.495. The van der Waals surface area contributed by atoms with E-state index in [2.05, 4.69) is 26.0 Å². The zero-order valence-corrected chi connectivity index (χ0v) is 13.2. The summed E-state index contributed by atoms with van der Waals surface area (Å²) in [6, 6.07) is 7.87. The van der Waals surface area contributed by atoms with Gasteiger partial charge in [0.2, 0.25) is 0 Å². The topological polar surface area (TPSA) is 90.6 Å². The van der Waals surface area contributed by atoms with Gasteiger partial charge in [0, 0.05) is 31.2 Å². The summed E-state index contributed by atoms with van der Waals surface area (Å²) in [6.45, 7) is 3.36. The van der Waals surface area contributed by atoms with Crippen LogP contribution in [0.1, 0.15) is 23.7 Å². The number of hydrogen-bond acceptors (Lipinski definition) is 5. The van der Waals surface area contributed by atoms with Gasteiger partial charge >= 0.3 is 0 Å². The first-order valence-corrected chi connectivity index (χ1v) is 7.85. The molecule has 1 atom stereocenters. The van der Waals surface area contributed by atoms with Crippen LogP contribution in [0.2, 0.25) is 0 Å². The molecule has 24 heavy (non-hydrogen) atoms. The summed E-state index contributed by atoms with van der Waals surface area (Å²) in [4.78, 5) is 21.7. The highest BCUT2D eigenvalue weighted by molar-refractivity contribution is 5.91. The van der Waals surface area contributed by atoms with Crippen LogP contribution in [0.3, 0.4) is 0 Å². The molecular weight excluding hydrogens is 304 g/mol. The Balaban J connectivity index is 1.85. The van der Waals surface area contributed by atoms with Crippen LogP contribution in [0.15, 0.2) is 35.4 Å². The molecule has 0 saturated carbocycles. The van der Waals surface area contributed by atoms with E-state index >= 15 is 0 Å². The van der Waals surface area contributed by atoms with Crippen molar-refractivity contribution in [2.75, 3.05) is 18.0 Å². The lowest BCUT2D eigenvalue weighted by Crippen LogP contribution is -2.26. The van der Waals surface area contributed by atoms with Crippen molar-refractivity contribution in [1.29, 1.82) is 5.26 Å². The summed E-state index contributed by atoms with van der Waals surface area (Å²) in [6.07, 6.45) is 4.61. The van der Waals surface area contributed by atoms with Crippen molar-refractivity contribution in [3.8, 4) is 6.07 Å². The second kappa shape index (κ2) is 5.49. The monoisotopic (exact) mass is 320 g/mol. The first kappa shape index (κ1) is 14.5. The number of hydrogen-bond donors (Lipinski definition) is 1. The fraction of sp³-hybridized carbons (Fsp3) is 0.294. The van der Waals surface area contributed by atoms with Crippen LogP contribution >= 0.6 is 0 Å². The van der Waals surface area contributed by atoms with Crippen LogP contribution in [0.25, 0.3) is 11.0 Å². The Labute approximate surface area is 138 Å². The van der Waals surface area contributed by atoms with Gasteiger partial charge in [0.05, 0.1) is 17.2 Å². The predicted molar refractivity (Wildman–Crippen MR) is 89.9 cm³/mol. The van der Waals surface area contributed by atoms with Gasteiger partial charge in [0.15, 0.2) is 0 Å². The largest absolute Gasteiger partial charge is 0.366 e. The Kier molecular flexibility index (Phi) is 3.31. The Morgan fingerprint density at radius 3 is 3.04 bits per heavy atom. The summed E-state index contributed by atoms with van der Waals surface area (Å²) in [5, 5.41) is 13.8. The van der Waals surface area contributed by atoms with Gasteiger partial charge < -0.3 is 9.88 Å². The van der Waals surface area contributed by atoms with Crippen molar-refractivity contribution in [3.63, 3.8) is 0 Å². The third-order valence-corrected chi connectivity index (χ3v) is 4.46. The third kappa shape index (κ3) is 2.24. The van der Waals surface area contributed by atoms with Gasteiger partial charge in [-0.15, -0.1) is 0 Å². The fourth-order valence-corrected chi connectivity index (χ4v) is 3.32. The quantitative estimate of drug-likeness (QED) is 0.777. The fourth-order valence-electron chi connectivity index (χ4n) is 3.32. The van der Waals surface area contributed by atoms with Gasteiger partial charge in [-0.25, -0.2) is 4.98 Å². The maximum atomic E-state index is 12.3. The predicted octanol–water partition coefficient (Wildman–Crippen LogP) is 1.75. The van der Waals surface area contributed by atoms with E-state index in [0.29, 0.717) is 23.3 Å². The highest BCUT2D eigenvalue weighted by atomic mass is 16.1. The molecule has 0 aromatic carbocycles. The number of aryl methyl sites for hydroxylation is 1. The molecule has 4 rings (SSSR count). The molecule has 3 aromatic rings. The van der Waals surface area contributed by atoms with Gasteiger partial charge in [-0.1, -0.05) is 0 Å². The molecule has 0 amide bonds. The standard InChI is InChI=1S/C17H16N6O/c1-11-3-4-14-15(20-11)16(13(9-18)17(24)21-14)22-8-5-12(10-22)23-7-2-6-19-23/h2-4,6-7,12H,5,8,10H2,1H3,(H,21,24)/t12-/m1/s1. The number of fused-ring (bicyclic) bond motifs is 1. The summed E-state index contributed by atoms with van der Waals surface area (Å²) < 4.78 is 1.93. The van der Waals surface area contributed by atoms with Gasteiger partial charge in [0.25, 0.3) is 5.56 Å². The Bertz CT molecular complexity index is 998. The highest BCUT2D eigenvalue weighted by Gasteiger charge is 2.28. The van der Waals surface area contributed by atoms with Crippen molar-refractivity contribution < 1.29 is 0 Å². The minimum atomic E-state index is -0.367. The Morgan fingerprint density at radius 2 is 2.29 bits per heavy atom. The van der Waals surface area contributed by atoms with Crippen LogP contribution in [-0.4, -0.2) is 32.8 Å². The van der Waals surface area contributed by atoms with Gasteiger partial charge in [0.1, 0.15) is 17.1 Å².